The quantitative estimate of drug-likeness (QED) is 0.893. The normalized spacial score (nSPS) is 18.5. The van der Waals surface area contributed by atoms with Crippen LogP contribution in [0.15, 0.2) is 22.7 Å². The Morgan fingerprint density at radius 3 is 2.71 bits per heavy atom. The SMILES string of the molecule is Cc1cc(C(CO)NC2CCCC2)ccc1Br. The van der Waals surface area contributed by atoms with Crippen molar-refractivity contribution in [2.24, 2.45) is 0 Å². The van der Waals surface area contributed by atoms with E-state index in [9.17, 15) is 5.11 Å². The molecule has 2 N–H and O–H groups in total. The topological polar surface area (TPSA) is 32.3 Å². The van der Waals surface area contributed by atoms with Crippen LogP contribution in [0.5, 0.6) is 0 Å². The molecule has 0 spiro atoms. The lowest BCUT2D eigenvalue weighted by molar-refractivity contribution is 0.233. The van der Waals surface area contributed by atoms with E-state index in [1.54, 1.807) is 0 Å². The number of aliphatic hydroxyl groups is 1. The molecule has 1 unspecified atom stereocenters. The van der Waals surface area contributed by atoms with Crippen molar-refractivity contribution in [2.75, 3.05) is 6.61 Å². The van der Waals surface area contributed by atoms with Crippen molar-refractivity contribution < 1.29 is 5.11 Å². The summed E-state index contributed by atoms with van der Waals surface area (Å²) >= 11 is 3.51. The van der Waals surface area contributed by atoms with Crippen LogP contribution in [0.1, 0.15) is 42.9 Å². The highest BCUT2D eigenvalue weighted by Crippen LogP contribution is 2.24. The van der Waals surface area contributed by atoms with Crippen molar-refractivity contribution in [1.29, 1.82) is 0 Å². The number of aliphatic hydroxyl groups excluding tert-OH is 1. The fourth-order valence-electron chi connectivity index (χ4n) is 2.52. The number of nitrogens with one attached hydrogen (secondary N) is 1. The van der Waals surface area contributed by atoms with Gasteiger partial charge in [-0.2, -0.15) is 0 Å². The average molecular weight is 298 g/mol. The van der Waals surface area contributed by atoms with Gasteiger partial charge in [0.2, 0.25) is 0 Å². The van der Waals surface area contributed by atoms with Crippen LogP contribution in [0.4, 0.5) is 0 Å². The zero-order chi connectivity index (χ0) is 12.3. The molecule has 0 aliphatic heterocycles. The maximum atomic E-state index is 9.53. The molecule has 2 nitrogen and oxygen atoms in total. The Balaban J connectivity index is 2.08. The summed E-state index contributed by atoms with van der Waals surface area (Å²) in [4.78, 5) is 0. The summed E-state index contributed by atoms with van der Waals surface area (Å²) < 4.78 is 1.12. The van der Waals surface area contributed by atoms with Gasteiger partial charge in [0.15, 0.2) is 0 Å². The Hall–Kier alpha value is -0.380. The molecule has 2 rings (SSSR count). The zero-order valence-corrected chi connectivity index (χ0v) is 11.8. The minimum Gasteiger partial charge on any atom is -0.394 e. The maximum Gasteiger partial charge on any atom is 0.0626 e. The fraction of sp³-hybridized carbons (Fsp3) is 0.571. The molecule has 1 aromatic carbocycles. The van der Waals surface area contributed by atoms with E-state index in [0.29, 0.717) is 6.04 Å². The zero-order valence-electron chi connectivity index (χ0n) is 10.2. The molecule has 1 aliphatic carbocycles. The van der Waals surface area contributed by atoms with Crippen LogP contribution < -0.4 is 5.32 Å². The number of halogens is 1. The number of rotatable bonds is 4. The second kappa shape index (κ2) is 5.98. The van der Waals surface area contributed by atoms with Crippen molar-refractivity contribution in [1.82, 2.24) is 5.32 Å². The predicted molar refractivity (Wildman–Crippen MR) is 74.1 cm³/mol. The van der Waals surface area contributed by atoms with Gasteiger partial charge < -0.3 is 10.4 Å². The van der Waals surface area contributed by atoms with Crippen LogP contribution in [0.2, 0.25) is 0 Å². The second-order valence-electron chi connectivity index (χ2n) is 4.89. The summed E-state index contributed by atoms with van der Waals surface area (Å²) in [6.45, 7) is 2.25. The third-order valence-electron chi connectivity index (χ3n) is 3.56. The molecule has 94 valence electrons. The van der Waals surface area contributed by atoms with Crippen LogP contribution >= 0.6 is 15.9 Å². The lowest BCUT2D eigenvalue weighted by Gasteiger charge is -2.22. The Labute approximate surface area is 112 Å². The second-order valence-corrected chi connectivity index (χ2v) is 5.75. The summed E-state index contributed by atoms with van der Waals surface area (Å²) in [6, 6.07) is 6.94. The van der Waals surface area contributed by atoms with E-state index in [-0.39, 0.29) is 12.6 Å². The molecule has 1 atom stereocenters. The molecule has 1 aliphatic rings. The molecule has 0 saturated heterocycles. The Morgan fingerprint density at radius 2 is 2.12 bits per heavy atom. The standard InChI is InChI=1S/C14H20BrNO/c1-10-8-11(6-7-13(10)15)14(9-17)16-12-4-2-3-5-12/h6-8,12,14,16-17H,2-5,9H2,1H3. The summed E-state index contributed by atoms with van der Waals surface area (Å²) in [6.07, 6.45) is 5.11. The van der Waals surface area contributed by atoms with E-state index < -0.39 is 0 Å². The molecular formula is C14H20BrNO. The number of benzene rings is 1. The van der Waals surface area contributed by atoms with Gasteiger partial charge in [0.1, 0.15) is 0 Å². The van der Waals surface area contributed by atoms with E-state index in [0.717, 1.165) is 4.47 Å². The molecule has 0 heterocycles. The van der Waals surface area contributed by atoms with Crippen LogP contribution in [0.3, 0.4) is 0 Å². The molecule has 0 amide bonds. The van der Waals surface area contributed by atoms with Crippen molar-refractivity contribution in [3.63, 3.8) is 0 Å². The lowest BCUT2D eigenvalue weighted by Crippen LogP contribution is -2.32. The van der Waals surface area contributed by atoms with Gasteiger partial charge in [0, 0.05) is 10.5 Å². The monoisotopic (exact) mass is 297 g/mol. The van der Waals surface area contributed by atoms with Gasteiger partial charge in [-0.3, -0.25) is 0 Å². The Morgan fingerprint density at radius 1 is 1.41 bits per heavy atom. The molecule has 17 heavy (non-hydrogen) atoms. The molecular weight excluding hydrogens is 278 g/mol. The highest BCUT2D eigenvalue weighted by atomic mass is 79.9. The highest BCUT2D eigenvalue weighted by Gasteiger charge is 2.19. The predicted octanol–water partition coefficient (Wildman–Crippen LogP) is 3.32. The van der Waals surface area contributed by atoms with E-state index >= 15 is 0 Å². The first-order valence-electron chi connectivity index (χ1n) is 6.33. The summed E-state index contributed by atoms with van der Waals surface area (Å²) in [5.41, 5.74) is 2.40. The van der Waals surface area contributed by atoms with E-state index in [2.05, 4.69) is 46.4 Å². The molecule has 0 bridgehead atoms. The molecule has 0 radical (unpaired) electrons. The van der Waals surface area contributed by atoms with Crippen LogP contribution in [0.25, 0.3) is 0 Å². The van der Waals surface area contributed by atoms with Gasteiger partial charge >= 0.3 is 0 Å². The van der Waals surface area contributed by atoms with Gasteiger partial charge in [0.05, 0.1) is 12.6 Å². The molecule has 1 fully saturated rings. The molecule has 0 aromatic heterocycles. The summed E-state index contributed by atoms with van der Waals surface area (Å²) in [7, 11) is 0. The Kier molecular flexibility index (Phi) is 4.60. The first kappa shape index (κ1) is 13.1. The number of aryl methyl sites for hydroxylation is 1. The minimum absolute atomic E-state index is 0.0740. The number of hydrogen-bond acceptors (Lipinski definition) is 2. The minimum atomic E-state index is 0.0740. The van der Waals surface area contributed by atoms with Gasteiger partial charge in [-0.15, -0.1) is 0 Å². The largest absolute Gasteiger partial charge is 0.394 e. The Bertz CT molecular complexity index is 374. The maximum absolute atomic E-state index is 9.53. The van der Waals surface area contributed by atoms with Crippen molar-refractivity contribution in [2.45, 2.75) is 44.7 Å². The fourth-order valence-corrected chi connectivity index (χ4v) is 2.76. The third-order valence-corrected chi connectivity index (χ3v) is 4.45. The van der Waals surface area contributed by atoms with Crippen LogP contribution in [-0.2, 0) is 0 Å². The van der Waals surface area contributed by atoms with E-state index in [1.807, 2.05) is 0 Å². The van der Waals surface area contributed by atoms with Gasteiger partial charge in [0.25, 0.3) is 0 Å². The van der Waals surface area contributed by atoms with E-state index in [4.69, 9.17) is 0 Å². The highest BCUT2D eigenvalue weighted by molar-refractivity contribution is 9.10. The molecule has 1 aromatic rings. The first-order chi connectivity index (χ1) is 8.20. The number of hydrogen-bond donors (Lipinski definition) is 2. The smallest absolute Gasteiger partial charge is 0.0626 e. The lowest BCUT2D eigenvalue weighted by atomic mass is 10.0. The van der Waals surface area contributed by atoms with E-state index in [1.165, 1.54) is 36.8 Å². The summed E-state index contributed by atoms with van der Waals surface area (Å²) in [5, 5.41) is 13.1. The first-order valence-corrected chi connectivity index (χ1v) is 7.13. The average Bonchev–Trinajstić information content (AvgIpc) is 2.82. The van der Waals surface area contributed by atoms with Gasteiger partial charge in [-0.05, 0) is 37.0 Å². The van der Waals surface area contributed by atoms with Gasteiger partial charge in [-0.25, -0.2) is 0 Å². The van der Waals surface area contributed by atoms with Crippen LogP contribution in [-0.4, -0.2) is 17.8 Å². The summed E-state index contributed by atoms with van der Waals surface area (Å²) in [5.74, 6) is 0. The van der Waals surface area contributed by atoms with Crippen LogP contribution in [0, 0.1) is 6.92 Å². The van der Waals surface area contributed by atoms with Gasteiger partial charge in [-0.1, -0.05) is 40.9 Å². The molecule has 1 saturated carbocycles. The van der Waals surface area contributed by atoms with Crippen molar-refractivity contribution >= 4 is 15.9 Å². The van der Waals surface area contributed by atoms with Crippen molar-refractivity contribution in [3.8, 4) is 0 Å². The molecule has 3 heteroatoms. The van der Waals surface area contributed by atoms with Crippen molar-refractivity contribution in [3.05, 3.63) is 33.8 Å². The third kappa shape index (κ3) is 3.30.